The topological polar surface area (TPSA) is 36.4 Å². The van der Waals surface area contributed by atoms with E-state index in [1.807, 2.05) is 36.5 Å². The standard InChI is InChI=1S/C30H31N3OS/c34-30(27-9-5-7-22-6-1-2-8-26(22)27)33-19-25(28(20-33)24-13-17-35-21-24)18-32-15-11-23(12-16-32)29-10-3-4-14-31-29/h1-10,13-14,17,21,23,25,28H,11-12,15-16,18-20H2/t25-,28+/m1/s1. The van der Waals surface area contributed by atoms with Crippen molar-refractivity contribution in [2.24, 2.45) is 5.92 Å². The van der Waals surface area contributed by atoms with Crippen LogP contribution in [0.25, 0.3) is 10.8 Å². The van der Waals surface area contributed by atoms with Crippen LogP contribution in [0.15, 0.2) is 83.7 Å². The van der Waals surface area contributed by atoms with Crippen LogP contribution in [0.2, 0.25) is 0 Å². The number of aromatic nitrogens is 1. The van der Waals surface area contributed by atoms with E-state index in [2.05, 4.69) is 61.9 Å². The number of pyridine rings is 1. The summed E-state index contributed by atoms with van der Waals surface area (Å²) in [6.07, 6.45) is 4.23. The molecule has 0 unspecified atom stereocenters. The summed E-state index contributed by atoms with van der Waals surface area (Å²) in [5.74, 6) is 1.58. The van der Waals surface area contributed by atoms with Crippen molar-refractivity contribution in [1.29, 1.82) is 0 Å². The van der Waals surface area contributed by atoms with Crippen LogP contribution in [0, 0.1) is 5.92 Å². The second-order valence-electron chi connectivity index (χ2n) is 9.99. The van der Waals surface area contributed by atoms with Gasteiger partial charge in [0.25, 0.3) is 5.91 Å². The van der Waals surface area contributed by atoms with E-state index in [9.17, 15) is 4.79 Å². The summed E-state index contributed by atoms with van der Waals surface area (Å²) >= 11 is 1.76. The van der Waals surface area contributed by atoms with Crippen LogP contribution >= 0.6 is 11.3 Å². The summed E-state index contributed by atoms with van der Waals surface area (Å²) in [7, 11) is 0. The summed E-state index contributed by atoms with van der Waals surface area (Å²) in [5.41, 5.74) is 3.44. The maximum atomic E-state index is 13.7. The average molecular weight is 482 g/mol. The fourth-order valence-electron chi connectivity index (χ4n) is 6.03. The number of hydrogen-bond donors (Lipinski definition) is 0. The molecule has 0 spiro atoms. The Bertz CT molecular complexity index is 1280. The molecular formula is C30H31N3OS. The number of nitrogens with zero attached hydrogens (tertiary/aromatic N) is 3. The second-order valence-corrected chi connectivity index (χ2v) is 10.8. The average Bonchev–Trinajstić information content (AvgIpc) is 3.59. The van der Waals surface area contributed by atoms with Gasteiger partial charge < -0.3 is 9.80 Å². The van der Waals surface area contributed by atoms with Gasteiger partial charge >= 0.3 is 0 Å². The summed E-state index contributed by atoms with van der Waals surface area (Å²) in [5, 5.41) is 6.61. The van der Waals surface area contributed by atoms with Crippen LogP contribution < -0.4 is 0 Å². The zero-order valence-corrected chi connectivity index (χ0v) is 20.7. The Morgan fingerprint density at radius 1 is 0.943 bits per heavy atom. The summed E-state index contributed by atoms with van der Waals surface area (Å²) in [6.45, 7) is 4.88. The molecule has 4 nitrogen and oxygen atoms in total. The van der Waals surface area contributed by atoms with Gasteiger partial charge in [-0.15, -0.1) is 0 Å². The fourth-order valence-corrected chi connectivity index (χ4v) is 6.75. The van der Waals surface area contributed by atoms with E-state index >= 15 is 0 Å². The van der Waals surface area contributed by atoms with Crippen LogP contribution in [0.1, 0.15) is 46.3 Å². The number of carbonyl (C=O) groups is 1. The molecule has 178 valence electrons. The Kier molecular flexibility index (Phi) is 6.36. The van der Waals surface area contributed by atoms with Gasteiger partial charge in [0.2, 0.25) is 0 Å². The zero-order chi connectivity index (χ0) is 23.6. The highest BCUT2D eigenvalue weighted by atomic mass is 32.1. The monoisotopic (exact) mass is 481 g/mol. The van der Waals surface area contributed by atoms with E-state index < -0.39 is 0 Å². The van der Waals surface area contributed by atoms with Crippen molar-refractivity contribution in [3.63, 3.8) is 0 Å². The van der Waals surface area contributed by atoms with E-state index in [0.29, 0.717) is 17.8 Å². The van der Waals surface area contributed by atoms with Crippen molar-refractivity contribution in [1.82, 2.24) is 14.8 Å². The quantitative estimate of drug-likeness (QED) is 0.349. The van der Waals surface area contributed by atoms with Gasteiger partial charge in [-0.1, -0.05) is 42.5 Å². The van der Waals surface area contributed by atoms with Crippen molar-refractivity contribution in [3.05, 3.63) is 101 Å². The molecule has 2 aliphatic rings. The Morgan fingerprint density at radius 3 is 2.57 bits per heavy atom. The first-order valence-corrected chi connectivity index (χ1v) is 13.6. The molecule has 2 aromatic carbocycles. The van der Waals surface area contributed by atoms with E-state index in [-0.39, 0.29) is 5.91 Å². The van der Waals surface area contributed by atoms with Crippen molar-refractivity contribution < 1.29 is 4.79 Å². The minimum absolute atomic E-state index is 0.165. The lowest BCUT2D eigenvalue weighted by atomic mass is 9.88. The number of rotatable bonds is 5. The maximum Gasteiger partial charge on any atom is 0.254 e. The molecule has 0 N–H and O–H groups in total. The van der Waals surface area contributed by atoms with Gasteiger partial charge in [0.05, 0.1) is 0 Å². The predicted octanol–water partition coefficient (Wildman–Crippen LogP) is 6.03. The lowest BCUT2D eigenvalue weighted by Gasteiger charge is -2.34. The normalized spacial score (nSPS) is 21.5. The maximum absolute atomic E-state index is 13.7. The molecule has 1 amide bonds. The van der Waals surface area contributed by atoms with Gasteiger partial charge in [-0.05, 0) is 83.2 Å². The van der Waals surface area contributed by atoms with Gasteiger partial charge in [-0.2, -0.15) is 11.3 Å². The van der Waals surface area contributed by atoms with E-state index in [0.717, 1.165) is 61.9 Å². The Labute approximate surface area is 211 Å². The molecule has 2 atom stereocenters. The van der Waals surface area contributed by atoms with E-state index in [1.165, 1.54) is 11.3 Å². The number of thiophene rings is 1. The smallest absolute Gasteiger partial charge is 0.254 e. The van der Waals surface area contributed by atoms with Crippen LogP contribution in [-0.4, -0.2) is 53.4 Å². The number of fused-ring (bicyclic) bond motifs is 1. The van der Waals surface area contributed by atoms with Crippen molar-refractivity contribution >= 4 is 28.0 Å². The number of hydrogen-bond acceptors (Lipinski definition) is 4. The molecule has 2 aromatic heterocycles. The third kappa shape index (κ3) is 4.63. The Morgan fingerprint density at radius 2 is 1.77 bits per heavy atom. The lowest BCUT2D eigenvalue weighted by molar-refractivity contribution is 0.0783. The lowest BCUT2D eigenvalue weighted by Crippen LogP contribution is -2.38. The molecule has 0 radical (unpaired) electrons. The van der Waals surface area contributed by atoms with E-state index in [4.69, 9.17) is 0 Å². The number of piperidine rings is 1. The van der Waals surface area contributed by atoms with Crippen molar-refractivity contribution in [3.8, 4) is 0 Å². The Hall–Kier alpha value is -3.02. The largest absolute Gasteiger partial charge is 0.338 e. The van der Waals surface area contributed by atoms with Crippen LogP contribution in [0.4, 0.5) is 0 Å². The third-order valence-corrected chi connectivity index (χ3v) is 8.61. The molecule has 2 saturated heterocycles. The summed E-state index contributed by atoms with van der Waals surface area (Å²) in [4.78, 5) is 23.0. The third-order valence-electron chi connectivity index (χ3n) is 7.91. The highest BCUT2D eigenvalue weighted by molar-refractivity contribution is 7.08. The molecular weight excluding hydrogens is 450 g/mol. The highest BCUT2D eigenvalue weighted by Gasteiger charge is 2.38. The fraction of sp³-hybridized carbons (Fsp3) is 0.333. The first-order chi connectivity index (χ1) is 17.3. The Balaban J connectivity index is 1.18. The minimum Gasteiger partial charge on any atom is -0.338 e. The molecule has 0 aliphatic carbocycles. The van der Waals surface area contributed by atoms with Gasteiger partial charge in [0.1, 0.15) is 0 Å². The number of amides is 1. The minimum atomic E-state index is 0.165. The molecule has 0 bridgehead atoms. The van der Waals surface area contributed by atoms with Crippen LogP contribution in [-0.2, 0) is 0 Å². The number of likely N-dealkylation sites (tertiary alicyclic amines) is 2. The molecule has 4 aromatic rings. The van der Waals surface area contributed by atoms with Crippen molar-refractivity contribution in [2.45, 2.75) is 24.7 Å². The van der Waals surface area contributed by atoms with Crippen LogP contribution in [0.3, 0.4) is 0 Å². The molecule has 4 heterocycles. The predicted molar refractivity (Wildman–Crippen MR) is 143 cm³/mol. The molecule has 0 saturated carbocycles. The summed E-state index contributed by atoms with van der Waals surface area (Å²) in [6, 6.07) is 22.8. The number of carbonyl (C=O) groups excluding carboxylic acids is 1. The first kappa shape index (κ1) is 22.4. The van der Waals surface area contributed by atoms with Gasteiger partial charge in [0, 0.05) is 48.9 Å². The molecule has 2 aliphatic heterocycles. The molecule has 5 heteroatoms. The van der Waals surface area contributed by atoms with Gasteiger partial charge in [-0.3, -0.25) is 9.78 Å². The van der Waals surface area contributed by atoms with Gasteiger partial charge in [0.15, 0.2) is 0 Å². The van der Waals surface area contributed by atoms with Crippen molar-refractivity contribution in [2.75, 3.05) is 32.7 Å². The zero-order valence-electron chi connectivity index (χ0n) is 19.9. The van der Waals surface area contributed by atoms with Gasteiger partial charge in [-0.25, -0.2) is 0 Å². The SMILES string of the molecule is O=C(c1cccc2ccccc12)N1C[C@@H](CN2CCC(c3ccccn3)CC2)[C@H](c2ccsc2)C1. The molecule has 35 heavy (non-hydrogen) atoms. The molecule has 2 fully saturated rings. The summed E-state index contributed by atoms with van der Waals surface area (Å²) < 4.78 is 0. The highest BCUT2D eigenvalue weighted by Crippen LogP contribution is 2.37. The molecule has 6 rings (SSSR count). The van der Waals surface area contributed by atoms with Crippen LogP contribution in [0.5, 0.6) is 0 Å². The van der Waals surface area contributed by atoms with E-state index in [1.54, 1.807) is 11.3 Å². The second kappa shape index (κ2) is 9.92. The first-order valence-electron chi connectivity index (χ1n) is 12.7. The number of benzene rings is 2.